The van der Waals surface area contributed by atoms with Crippen LogP contribution in [-0.4, -0.2) is 35.7 Å². The van der Waals surface area contributed by atoms with E-state index in [0.717, 1.165) is 42.8 Å². The lowest BCUT2D eigenvalue weighted by molar-refractivity contribution is -0.136. The molecule has 0 radical (unpaired) electrons. The summed E-state index contributed by atoms with van der Waals surface area (Å²) in [5.41, 5.74) is 4.18. The van der Waals surface area contributed by atoms with Gasteiger partial charge in [0.25, 0.3) is 0 Å². The molecule has 5 heteroatoms. The van der Waals surface area contributed by atoms with Crippen LogP contribution in [0.25, 0.3) is 0 Å². The Kier molecular flexibility index (Phi) is 7.17. The number of ether oxygens (including phenoxy) is 1. The highest BCUT2D eigenvalue weighted by Gasteiger charge is 2.29. The highest BCUT2D eigenvalue weighted by Crippen LogP contribution is 2.36. The van der Waals surface area contributed by atoms with Crippen LogP contribution in [-0.2, 0) is 17.6 Å². The Hall–Kier alpha value is -3.18. The Labute approximate surface area is 188 Å². The van der Waals surface area contributed by atoms with Crippen LogP contribution in [0.4, 0.5) is 4.39 Å². The van der Waals surface area contributed by atoms with Crippen LogP contribution in [0, 0.1) is 5.82 Å². The average Bonchev–Trinajstić information content (AvgIpc) is 2.81. The molecule has 1 aliphatic heterocycles. The highest BCUT2D eigenvalue weighted by atomic mass is 19.1. The van der Waals surface area contributed by atoms with Crippen LogP contribution in [0.15, 0.2) is 72.8 Å². The quantitative estimate of drug-likeness (QED) is 0.468. The lowest BCUT2D eigenvalue weighted by Crippen LogP contribution is -2.37. The van der Waals surface area contributed by atoms with Crippen LogP contribution in [0.3, 0.4) is 0 Å². The van der Waals surface area contributed by atoms with Crippen molar-refractivity contribution in [3.63, 3.8) is 0 Å². The number of fused-ring (bicyclic) bond motifs is 1. The maximum absolute atomic E-state index is 14.7. The molecule has 0 spiro atoms. The summed E-state index contributed by atoms with van der Waals surface area (Å²) in [7, 11) is 0. The largest absolute Gasteiger partial charge is 0.494 e. The Morgan fingerprint density at radius 2 is 1.72 bits per heavy atom. The van der Waals surface area contributed by atoms with Crippen molar-refractivity contribution < 1.29 is 19.0 Å². The molecule has 32 heavy (non-hydrogen) atoms. The van der Waals surface area contributed by atoms with E-state index in [9.17, 15) is 9.18 Å². The lowest BCUT2D eigenvalue weighted by atomic mass is 9.88. The number of carbonyl (C=O) groups is 1. The minimum absolute atomic E-state index is 0.0883. The molecule has 0 amide bonds. The van der Waals surface area contributed by atoms with Crippen LogP contribution >= 0.6 is 0 Å². The first-order valence-electron chi connectivity index (χ1n) is 11.1. The summed E-state index contributed by atoms with van der Waals surface area (Å²) in [6.45, 7) is 2.26. The minimum Gasteiger partial charge on any atom is -0.494 e. The third-order valence-electron chi connectivity index (χ3n) is 5.99. The molecular formula is C27H28FNO3. The third-order valence-corrected chi connectivity index (χ3v) is 5.99. The van der Waals surface area contributed by atoms with Crippen molar-refractivity contribution in [3.8, 4) is 5.75 Å². The van der Waals surface area contributed by atoms with E-state index >= 15 is 0 Å². The normalized spacial score (nSPS) is 15.8. The number of carboxylic acids is 1. The lowest BCUT2D eigenvalue weighted by Gasteiger charge is -2.38. The zero-order valence-corrected chi connectivity index (χ0v) is 18.0. The molecule has 0 aromatic heterocycles. The summed E-state index contributed by atoms with van der Waals surface area (Å²) in [4.78, 5) is 13.0. The number of rotatable bonds is 9. The number of benzene rings is 3. The summed E-state index contributed by atoms with van der Waals surface area (Å²) in [5.74, 6) is -0.184. The van der Waals surface area contributed by atoms with Gasteiger partial charge in [0, 0.05) is 25.1 Å². The Bertz CT molecular complexity index is 1050. The fraction of sp³-hybridized carbons (Fsp3) is 0.296. The summed E-state index contributed by atoms with van der Waals surface area (Å²) >= 11 is 0. The molecule has 1 N–H and O–H groups in total. The number of aliphatic carboxylic acids is 1. The third kappa shape index (κ3) is 5.35. The summed E-state index contributed by atoms with van der Waals surface area (Å²) in [5, 5.41) is 8.79. The van der Waals surface area contributed by atoms with Crippen molar-refractivity contribution in [1.82, 2.24) is 4.90 Å². The number of carboxylic acid groups (broad SMARTS) is 1. The number of hydrogen-bond donors (Lipinski definition) is 1. The van der Waals surface area contributed by atoms with Crippen LogP contribution in [0.1, 0.15) is 41.1 Å². The molecular weight excluding hydrogens is 405 g/mol. The molecule has 166 valence electrons. The van der Waals surface area contributed by atoms with E-state index in [4.69, 9.17) is 9.84 Å². The molecule has 1 heterocycles. The molecule has 4 rings (SSSR count). The summed E-state index contributed by atoms with van der Waals surface area (Å²) in [6.07, 6.45) is 2.43. The molecule has 3 aromatic rings. The summed E-state index contributed by atoms with van der Waals surface area (Å²) in [6, 6.07) is 22.9. The second-order valence-corrected chi connectivity index (χ2v) is 8.15. The topological polar surface area (TPSA) is 49.8 Å². The van der Waals surface area contributed by atoms with Gasteiger partial charge in [-0.15, -0.1) is 0 Å². The van der Waals surface area contributed by atoms with E-state index in [2.05, 4.69) is 17.0 Å². The molecule has 1 unspecified atom stereocenters. The number of nitrogens with zero attached hydrogens (tertiary/aromatic N) is 1. The number of aryl methyl sites for hydroxylation is 1. The van der Waals surface area contributed by atoms with Gasteiger partial charge in [0.15, 0.2) is 0 Å². The molecule has 1 atom stereocenters. The molecule has 0 saturated carbocycles. The Morgan fingerprint density at radius 1 is 1.00 bits per heavy atom. The van der Waals surface area contributed by atoms with E-state index in [0.29, 0.717) is 13.0 Å². The van der Waals surface area contributed by atoms with Crippen molar-refractivity contribution in [1.29, 1.82) is 0 Å². The zero-order valence-electron chi connectivity index (χ0n) is 18.0. The standard InChI is InChI=1S/C27H28FNO3/c28-25-9-4-3-8-24(25)27-23-7-2-1-6-21(23)16-18-29(27)17-5-19-32-22-13-10-20(11-14-22)12-15-26(30)31/h1-4,6-11,13-14,27H,5,12,15-19H2,(H,30,31). The van der Waals surface area contributed by atoms with Gasteiger partial charge in [0.2, 0.25) is 0 Å². The molecule has 0 aliphatic carbocycles. The highest BCUT2D eigenvalue weighted by molar-refractivity contribution is 5.67. The maximum atomic E-state index is 14.7. The van der Waals surface area contributed by atoms with E-state index in [-0.39, 0.29) is 18.3 Å². The van der Waals surface area contributed by atoms with E-state index < -0.39 is 5.97 Å². The van der Waals surface area contributed by atoms with E-state index in [1.165, 1.54) is 17.2 Å². The van der Waals surface area contributed by atoms with Crippen molar-refractivity contribution in [2.75, 3.05) is 19.7 Å². The molecule has 0 fully saturated rings. The maximum Gasteiger partial charge on any atom is 0.303 e. The first kappa shape index (κ1) is 22.0. The Balaban J connectivity index is 1.37. The monoisotopic (exact) mass is 433 g/mol. The molecule has 1 aliphatic rings. The predicted molar refractivity (Wildman–Crippen MR) is 122 cm³/mol. The van der Waals surface area contributed by atoms with Crippen molar-refractivity contribution >= 4 is 5.97 Å². The molecule has 0 saturated heterocycles. The second kappa shape index (κ2) is 10.4. The molecule has 4 nitrogen and oxygen atoms in total. The van der Waals surface area contributed by atoms with Gasteiger partial charge >= 0.3 is 5.97 Å². The number of halogens is 1. The van der Waals surface area contributed by atoms with Crippen LogP contribution in [0.2, 0.25) is 0 Å². The van der Waals surface area contributed by atoms with Gasteiger partial charge in [0.05, 0.1) is 12.6 Å². The van der Waals surface area contributed by atoms with Gasteiger partial charge in [-0.2, -0.15) is 0 Å². The first-order valence-corrected chi connectivity index (χ1v) is 11.1. The van der Waals surface area contributed by atoms with Crippen molar-refractivity contribution in [2.24, 2.45) is 0 Å². The Morgan fingerprint density at radius 3 is 2.47 bits per heavy atom. The minimum atomic E-state index is -0.792. The second-order valence-electron chi connectivity index (χ2n) is 8.15. The first-order chi connectivity index (χ1) is 15.6. The van der Waals surface area contributed by atoms with Crippen molar-refractivity contribution in [3.05, 3.63) is 101 Å². The van der Waals surface area contributed by atoms with E-state index in [1.807, 2.05) is 48.5 Å². The average molecular weight is 434 g/mol. The van der Waals surface area contributed by atoms with Gasteiger partial charge in [0.1, 0.15) is 11.6 Å². The fourth-order valence-corrected chi connectivity index (χ4v) is 4.38. The SMILES string of the molecule is O=C(O)CCc1ccc(OCCCN2CCc3ccccc3C2c2ccccc2F)cc1. The van der Waals surface area contributed by atoms with Crippen molar-refractivity contribution in [2.45, 2.75) is 31.7 Å². The van der Waals surface area contributed by atoms with Crippen LogP contribution in [0.5, 0.6) is 5.75 Å². The summed E-state index contributed by atoms with van der Waals surface area (Å²) < 4.78 is 20.6. The molecule has 3 aromatic carbocycles. The molecule has 0 bridgehead atoms. The fourth-order valence-electron chi connectivity index (χ4n) is 4.38. The van der Waals surface area contributed by atoms with Gasteiger partial charge in [-0.25, -0.2) is 4.39 Å². The van der Waals surface area contributed by atoms with Gasteiger partial charge < -0.3 is 9.84 Å². The van der Waals surface area contributed by atoms with Gasteiger partial charge in [-0.3, -0.25) is 9.69 Å². The van der Waals surface area contributed by atoms with Crippen LogP contribution < -0.4 is 4.74 Å². The zero-order chi connectivity index (χ0) is 22.3. The predicted octanol–water partition coefficient (Wildman–Crippen LogP) is 5.26. The van der Waals surface area contributed by atoms with E-state index in [1.54, 1.807) is 6.07 Å². The van der Waals surface area contributed by atoms with Gasteiger partial charge in [-0.1, -0.05) is 54.6 Å². The van der Waals surface area contributed by atoms with Gasteiger partial charge in [-0.05, 0) is 54.2 Å². The number of hydrogen-bond acceptors (Lipinski definition) is 3. The smallest absolute Gasteiger partial charge is 0.303 e.